The molecule has 0 radical (unpaired) electrons. The number of benzene rings is 1. The highest BCUT2D eigenvalue weighted by Gasteiger charge is 2.20. The number of hydrogen-bond acceptors (Lipinski definition) is 3. The molecule has 1 aromatic carbocycles. The first-order chi connectivity index (χ1) is 9.00. The number of aliphatic hydroxyl groups is 1. The van der Waals surface area contributed by atoms with Crippen molar-refractivity contribution in [1.29, 1.82) is 0 Å². The Balaban J connectivity index is 2.73. The Bertz CT molecular complexity index is 441. The van der Waals surface area contributed by atoms with Crippen molar-refractivity contribution >= 4 is 5.91 Å². The molecule has 1 atom stereocenters. The average molecular weight is 263 g/mol. The van der Waals surface area contributed by atoms with E-state index in [2.05, 4.69) is 11.9 Å². The van der Waals surface area contributed by atoms with Gasteiger partial charge in [0.05, 0.1) is 11.2 Å². The molecule has 0 bridgehead atoms. The van der Waals surface area contributed by atoms with Gasteiger partial charge in [-0.3, -0.25) is 4.79 Å². The molecule has 1 rings (SSSR count). The van der Waals surface area contributed by atoms with Crippen molar-refractivity contribution in [3.63, 3.8) is 0 Å². The molecule has 1 unspecified atom stereocenters. The van der Waals surface area contributed by atoms with Crippen molar-refractivity contribution in [2.24, 2.45) is 0 Å². The lowest BCUT2D eigenvalue weighted by atomic mass is 10.0. The minimum absolute atomic E-state index is 0.206. The van der Waals surface area contributed by atoms with Gasteiger partial charge in [0.15, 0.2) is 0 Å². The van der Waals surface area contributed by atoms with Crippen LogP contribution in [-0.4, -0.2) is 29.8 Å². The third-order valence-electron chi connectivity index (χ3n) is 2.88. The summed E-state index contributed by atoms with van der Waals surface area (Å²) in [6, 6.07) is 7.00. The summed E-state index contributed by atoms with van der Waals surface area (Å²) >= 11 is 0. The van der Waals surface area contributed by atoms with E-state index < -0.39 is 5.60 Å². The monoisotopic (exact) mass is 263 g/mol. The summed E-state index contributed by atoms with van der Waals surface area (Å²) in [5, 5.41) is 12.6. The van der Waals surface area contributed by atoms with Crippen molar-refractivity contribution in [2.75, 3.05) is 13.2 Å². The molecular formula is C15H21NO3. The molecule has 0 aromatic heterocycles. The van der Waals surface area contributed by atoms with Gasteiger partial charge in [-0.15, -0.1) is 0 Å². The zero-order chi connectivity index (χ0) is 14.3. The Hall–Kier alpha value is -1.81. The number of ether oxygens (including phenoxy) is 1. The van der Waals surface area contributed by atoms with Crippen LogP contribution < -0.4 is 10.1 Å². The van der Waals surface area contributed by atoms with Crippen LogP contribution in [0, 0.1) is 0 Å². The van der Waals surface area contributed by atoms with Crippen LogP contribution in [0.25, 0.3) is 0 Å². The van der Waals surface area contributed by atoms with Crippen molar-refractivity contribution in [3.8, 4) is 5.75 Å². The summed E-state index contributed by atoms with van der Waals surface area (Å²) in [6.07, 6.45) is 2.19. The molecule has 1 amide bonds. The molecule has 2 N–H and O–H groups in total. The number of rotatable bonds is 7. The lowest BCUT2D eigenvalue weighted by Gasteiger charge is -2.21. The molecule has 0 heterocycles. The van der Waals surface area contributed by atoms with E-state index in [1.54, 1.807) is 37.3 Å². The number of para-hydroxylation sites is 1. The first-order valence-electron chi connectivity index (χ1n) is 6.33. The highest BCUT2D eigenvalue weighted by Crippen LogP contribution is 2.18. The van der Waals surface area contributed by atoms with Gasteiger partial charge in [-0.1, -0.05) is 31.7 Å². The summed E-state index contributed by atoms with van der Waals surface area (Å²) in [5.41, 5.74) is -0.441. The van der Waals surface area contributed by atoms with E-state index in [4.69, 9.17) is 4.74 Å². The van der Waals surface area contributed by atoms with Crippen LogP contribution in [-0.2, 0) is 0 Å². The largest absolute Gasteiger partial charge is 0.489 e. The van der Waals surface area contributed by atoms with Gasteiger partial charge in [0.1, 0.15) is 12.4 Å². The maximum absolute atomic E-state index is 12.1. The van der Waals surface area contributed by atoms with E-state index in [9.17, 15) is 9.90 Å². The topological polar surface area (TPSA) is 58.6 Å². The van der Waals surface area contributed by atoms with Gasteiger partial charge >= 0.3 is 0 Å². The van der Waals surface area contributed by atoms with Gasteiger partial charge in [-0.2, -0.15) is 0 Å². The van der Waals surface area contributed by atoms with E-state index in [1.165, 1.54) is 0 Å². The van der Waals surface area contributed by atoms with Gasteiger partial charge in [0, 0.05) is 6.54 Å². The second-order valence-corrected chi connectivity index (χ2v) is 4.63. The molecule has 0 aliphatic rings. The van der Waals surface area contributed by atoms with Gasteiger partial charge in [-0.25, -0.2) is 0 Å². The quantitative estimate of drug-likeness (QED) is 0.741. The molecule has 19 heavy (non-hydrogen) atoms. The zero-order valence-electron chi connectivity index (χ0n) is 11.5. The fourth-order valence-electron chi connectivity index (χ4n) is 1.42. The molecule has 0 aliphatic carbocycles. The van der Waals surface area contributed by atoms with E-state index in [0.29, 0.717) is 24.3 Å². The highest BCUT2D eigenvalue weighted by molar-refractivity contribution is 5.96. The van der Waals surface area contributed by atoms with Crippen LogP contribution in [0.3, 0.4) is 0 Å². The minimum atomic E-state index is -0.896. The fourth-order valence-corrected chi connectivity index (χ4v) is 1.42. The molecule has 0 saturated carbocycles. The van der Waals surface area contributed by atoms with E-state index in [-0.39, 0.29) is 12.5 Å². The molecule has 0 saturated heterocycles. The van der Waals surface area contributed by atoms with Crippen molar-refractivity contribution in [1.82, 2.24) is 5.32 Å². The summed E-state index contributed by atoms with van der Waals surface area (Å²) < 4.78 is 5.42. The molecule has 0 aliphatic heterocycles. The van der Waals surface area contributed by atoms with E-state index in [0.717, 1.165) is 0 Å². The highest BCUT2D eigenvalue weighted by atomic mass is 16.5. The second kappa shape index (κ2) is 6.95. The lowest BCUT2D eigenvalue weighted by Crippen LogP contribution is -2.40. The van der Waals surface area contributed by atoms with Crippen LogP contribution in [0.2, 0.25) is 0 Å². The SMILES string of the molecule is C=CCOc1ccccc1C(=O)NCC(C)(O)CC. The Morgan fingerprint density at radius 3 is 2.84 bits per heavy atom. The van der Waals surface area contributed by atoms with Gasteiger partial charge in [0.25, 0.3) is 5.91 Å². The van der Waals surface area contributed by atoms with Crippen molar-refractivity contribution in [3.05, 3.63) is 42.5 Å². The Morgan fingerprint density at radius 1 is 1.53 bits per heavy atom. The predicted octanol–water partition coefficient (Wildman–Crippen LogP) is 2.14. The Labute approximate surface area is 114 Å². The number of amides is 1. The van der Waals surface area contributed by atoms with E-state index in [1.807, 2.05) is 6.92 Å². The molecule has 4 nitrogen and oxygen atoms in total. The van der Waals surface area contributed by atoms with Gasteiger partial charge in [-0.05, 0) is 25.5 Å². The van der Waals surface area contributed by atoms with Crippen molar-refractivity contribution in [2.45, 2.75) is 25.9 Å². The molecule has 4 heteroatoms. The summed E-state index contributed by atoms with van der Waals surface area (Å²) in [4.78, 5) is 12.1. The average Bonchev–Trinajstić information content (AvgIpc) is 2.43. The molecular weight excluding hydrogens is 242 g/mol. The van der Waals surface area contributed by atoms with Gasteiger partial charge in [0.2, 0.25) is 0 Å². The maximum Gasteiger partial charge on any atom is 0.255 e. The molecule has 104 valence electrons. The molecule has 0 fully saturated rings. The Morgan fingerprint density at radius 2 is 2.21 bits per heavy atom. The number of hydrogen-bond donors (Lipinski definition) is 2. The van der Waals surface area contributed by atoms with Crippen LogP contribution in [0.1, 0.15) is 30.6 Å². The normalized spacial score (nSPS) is 13.4. The fraction of sp³-hybridized carbons (Fsp3) is 0.400. The summed E-state index contributed by atoms with van der Waals surface area (Å²) in [6.45, 7) is 7.68. The smallest absolute Gasteiger partial charge is 0.255 e. The van der Waals surface area contributed by atoms with Crippen molar-refractivity contribution < 1.29 is 14.6 Å². The summed E-state index contributed by atoms with van der Waals surface area (Å²) in [5.74, 6) is 0.254. The third kappa shape index (κ3) is 4.75. The van der Waals surface area contributed by atoms with Crippen LogP contribution >= 0.6 is 0 Å². The second-order valence-electron chi connectivity index (χ2n) is 4.63. The zero-order valence-corrected chi connectivity index (χ0v) is 11.5. The molecule has 0 spiro atoms. The minimum Gasteiger partial charge on any atom is -0.489 e. The van der Waals surface area contributed by atoms with Crippen LogP contribution in [0.5, 0.6) is 5.75 Å². The van der Waals surface area contributed by atoms with Crippen LogP contribution in [0.15, 0.2) is 36.9 Å². The van der Waals surface area contributed by atoms with E-state index >= 15 is 0 Å². The maximum atomic E-state index is 12.1. The summed E-state index contributed by atoms with van der Waals surface area (Å²) in [7, 11) is 0. The Kier molecular flexibility index (Phi) is 5.57. The first-order valence-corrected chi connectivity index (χ1v) is 6.33. The predicted molar refractivity (Wildman–Crippen MR) is 75.4 cm³/mol. The lowest BCUT2D eigenvalue weighted by molar-refractivity contribution is 0.0517. The first kappa shape index (κ1) is 15.2. The standard InChI is InChI=1S/C15H21NO3/c1-4-10-19-13-9-7-6-8-12(13)14(17)16-11-15(3,18)5-2/h4,6-9,18H,1,5,10-11H2,2-3H3,(H,16,17). The molecule has 1 aromatic rings. The third-order valence-corrected chi connectivity index (χ3v) is 2.88. The number of carbonyl (C=O) groups excluding carboxylic acids is 1. The van der Waals surface area contributed by atoms with Gasteiger partial charge < -0.3 is 15.2 Å². The van der Waals surface area contributed by atoms with Crippen LogP contribution in [0.4, 0.5) is 0 Å². The number of nitrogens with one attached hydrogen (secondary N) is 1. The number of carbonyl (C=O) groups is 1.